The fraction of sp³-hybridized carbons (Fsp3) is 0.278. The van der Waals surface area contributed by atoms with Crippen LogP contribution in [0.25, 0.3) is 0 Å². The Kier molecular flexibility index (Phi) is 11.9. The van der Waals surface area contributed by atoms with Crippen molar-refractivity contribution in [2.45, 2.75) is 64.1 Å². The van der Waals surface area contributed by atoms with Crippen LogP contribution in [0.15, 0.2) is 102 Å². The fourth-order valence-electron chi connectivity index (χ4n) is 5.07. The lowest BCUT2D eigenvalue weighted by Crippen LogP contribution is -2.54. The number of rotatable bonds is 13. The van der Waals surface area contributed by atoms with Crippen LogP contribution in [0.1, 0.15) is 42.5 Å². The van der Waals surface area contributed by atoms with E-state index in [-0.39, 0.29) is 29.8 Å². The van der Waals surface area contributed by atoms with Crippen LogP contribution >= 0.6 is 23.2 Å². The molecule has 0 saturated heterocycles. The van der Waals surface area contributed by atoms with E-state index >= 15 is 0 Å². The Morgan fingerprint density at radius 1 is 0.870 bits per heavy atom. The van der Waals surface area contributed by atoms with E-state index in [1.165, 1.54) is 17.0 Å². The Morgan fingerprint density at radius 2 is 1.52 bits per heavy atom. The molecule has 0 aliphatic rings. The number of hydrogen-bond acceptors (Lipinski definition) is 4. The second-order valence-corrected chi connectivity index (χ2v) is 14.0. The molecule has 0 fully saturated rings. The van der Waals surface area contributed by atoms with Gasteiger partial charge in [0.2, 0.25) is 11.8 Å². The topological polar surface area (TPSA) is 86.8 Å². The van der Waals surface area contributed by atoms with Crippen molar-refractivity contribution in [1.82, 2.24) is 10.2 Å². The van der Waals surface area contributed by atoms with Crippen molar-refractivity contribution in [1.29, 1.82) is 0 Å². The predicted molar refractivity (Wildman–Crippen MR) is 186 cm³/mol. The zero-order valence-corrected chi connectivity index (χ0v) is 28.7. The molecule has 0 aromatic heterocycles. The number of amides is 2. The Bertz CT molecular complexity index is 1770. The maximum atomic E-state index is 14.6. The van der Waals surface area contributed by atoms with Gasteiger partial charge in [-0.05, 0) is 79.8 Å². The quantitative estimate of drug-likeness (QED) is 0.160. The summed E-state index contributed by atoms with van der Waals surface area (Å²) in [6.45, 7) is 6.98. The number of anilines is 1. The van der Waals surface area contributed by atoms with Crippen molar-refractivity contribution in [3.05, 3.63) is 129 Å². The fourth-order valence-corrected chi connectivity index (χ4v) is 7.03. The van der Waals surface area contributed by atoms with E-state index in [2.05, 4.69) is 5.32 Å². The maximum Gasteiger partial charge on any atom is 0.264 e. The van der Waals surface area contributed by atoms with Gasteiger partial charge in [0.1, 0.15) is 12.6 Å². The molecule has 0 saturated carbocycles. The van der Waals surface area contributed by atoms with Crippen molar-refractivity contribution >= 4 is 50.7 Å². The Hall–Kier alpha value is -3.85. The molecule has 242 valence electrons. The van der Waals surface area contributed by atoms with Gasteiger partial charge in [-0.3, -0.25) is 13.9 Å². The van der Waals surface area contributed by atoms with Crippen LogP contribution in [0.2, 0.25) is 10.0 Å². The van der Waals surface area contributed by atoms with Crippen LogP contribution in [-0.2, 0) is 32.6 Å². The summed E-state index contributed by atoms with van der Waals surface area (Å²) in [6.07, 6.45) is 0.894. The van der Waals surface area contributed by atoms with Crippen LogP contribution in [0.5, 0.6) is 0 Å². The van der Waals surface area contributed by atoms with Gasteiger partial charge < -0.3 is 10.2 Å². The molecular formula is C36H39Cl2N3O4S. The molecule has 0 radical (unpaired) electrons. The average molecular weight is 681 g/mol. The van der Waals surface area contributed by atoms with Crippen molar-refractivity contribution in [3.63, 3.8) is 0 Å². The van der Waals surface area contributed by atoms with E-state index in [1.807, 2.05) is 64.1 Å². The molecule has 10 heteroatoms. The third kappa shape index (κ3) is 8.49. The maximum absolute atomic E-state index is 14.6. The predicted octanol–water partition coefficient (Wildman–Crippen LogP) is 7.36. The van der Waals surface area contributed by atoms with Crippen LogP contribution < -0.4 is 9.62 Å². The highest BCUT2D eigenvalue weighted by Crippen LogP contribution is 2.30. The molecule has 46 heavy (non-hydrogen) atoms. The first-order chi connectivity index (χ1) is 21.9. The Morgan fingerprint density at radius 3 is 2.15 bits per heavy atom. The molecule has 4 rings (SSSR count). The number of carbonyl (C=O) groups is 2. The Balaban J connectivity index is 1.85. The van der Waals surface area contributed by atoms with Crippen molar-refractivity contribution in [2.75, 3.05) is 10.8 Å². The summed E-state index contributed by atoms with van der Waals surface area (Å²) in [5.74, 6) is -0.910. The van der Waals surface area contributed by atoms with Gasteiger partial charge in [0.25, 0.3) is 10.0 Å². The molecule has 2 atom stereocenters. The summed E-state index contributed by atoms with van der Waals surface area (Å²) in [6, 6.07) is 26.6. The van der Waals surface area contributed by atoms with E-state index in [1.54, 1.807) is 48.5 Å². The minimum absolute atomic E-state index is 0.0475. The monoisotopic (exact) mass is 679 g/mol. The molecule has 0 aliphatic heterocycles. The number of halogens is 2. The van der Waals surface area contributed by atoms with Gasteiger partial charge in [0.15, 0.2) is 0 Å². The van der Waals surface area contributed by atoms with Crippen LogP contribution in [-0.4, -0.2) is 43.8 Å². The average Bonchev–Trinajstić information content (AvgIpc) is 3.04. The summed E-state index contributed by atoms with van der Waals surface area (Å²) >= 11 is 12.8. The second-order valence-electron chi connectivity index (χ2n) is 11.3. The van der Waals surface area contributed by atoms with Gasteiger partial charge in [0.05, 0.1) is 10.6 Å². The van der Waals surface area contributed by atoms with Crippen molar-refractivity contribution < 1.29 is 18.0 Å². The summed E-state index contributed by atoms with van der Waals surface area (Å²) < 4.78 is 29.6. The molecule has 1 N–H and O–H groups in total. The number of sulfonamides is 1. The van der Waals surface area contributed by atoms with Gasteiger partial charge in [-0.25, -0.2) is 8.42 Å². The van der Waals surface area contributed by atoms with E-state index in [4.69, 9.17) is 23.2 Å². The number of nitrogens with one attached hydrogen (secondary N) is 1. The van der Waals surface area contributed by atoms with Crippen LogP contribution in [0.3, 0.4) is 0 Å². The summed E-state index contributed by atoms with van der Waals surface area (Å²) in [5.41, 5.74) is 3.38. The standard InChI is InChI=1S/C36H39Cl2N3O4S/c1-5-26(3)39-36(43)34(21-28-14-8-6-9-15-28)40(23-29-19-20-30(37)22-32(29)38)35(42)24-41(33-18-12-13-25(2)27(33)4)46(44,45)31-16-10-7-11-17-31/h6-20,22,26,34H,5,21,23-24H2,1-4H3,(H,39,43)/t26-,34+/m0/s1. The molecule has 0 bridgehead atoms. The minimum atomic E-state index is -4.19. The third-order valence-corrected chi connectivity index (χ3v) is 10.4. The zero-order valence-electron chi connectivity index (χ0n) is 26.4. The first kappa shape index (κ1) is 35.0. The molecule has 2 amide bonds. The van der Waals surface area contributed by atoms with Gasteiger partial charge in [-0.15, -0.1) is 0 Å². The first-order valence-electron chi connectivity index (χ1n) is 15.1. The molecule has 0 aliphatic carbocycles. The van der Waals surface area contributed by atoms with Gasteiger partial charge in [-0.2, -0.15) is 0 Å². The number of hydrogen-bond donors (Lipinski definition) is 1. The summed E-state index contributed by atoms with van der Waals surface area (Å²) in [5, 5.41) is 3.79. The van der Waals surface area contributed by atoms with Crippen LogP contribution in [0.4, 0.5) is 5.69 Å². The van der Waals surface area contributed by atoms with Gasteiger partial charge >= 0.3 is 0 Å². The minimum Gasteiger partial charge on any atom is -0.352 e. The molecule has 4 aromatic rings. The largest absolute Gasteiger partial charge is 0.352 e. The summed E-state index contributed by atoms with van der Waals surface area (Å²) in [7, 11) is -4.19. The third-order valence-electron chi connectivity index (χ3n) is 8.08. The van der Waals surface area contributed by atoms with Crippen molar-refractivity contribution in [2.24, 2.45) is 0 Å². The lowest BCUT2D eigenvalue weighted by Gasteiger charge is -2.35. The number of carbonyl (C=O) groups excluding carboxylic acids is 2. The van der Waals surface area contributed by atoms with Crippen LogP contribution in [0, 0.1) is 13.8 Å². The van der Waals surface area contributed by atoms with E-state index in [0.717, 1.165) is 21.0 Å². The lowest BCUT2D eigenvalue weighted by atomic mass is 10.0. The van der Waals surface area contributed by atoms with E-state index in [0.29, 0.717) is 27.7 Å². The highest BCUT2D eigenvalue weighted by molar-refractivity contribution is 7.92. The van der Waals surface area contributed by atoms with Gasteiger partial charge in [0, 0.05) is 29.1 Å². The number of benzene rings is 4. The Labute approximate surface area is 282 Å². The van der Waals surface area contributed by atoms with Gasteiger partial charge in [-0.1, -0.05) is 96.9 Å². The zero-order chi connectivity index (χ0) is 33.4. The molecule has 0 unspecified atom stereocenters. The number of aryl methyl sites for hydroxylation is 1. The molecule has 7 nitrogen and oxygen atoms in total. The normalized spacial score (nSPS) is 12.7. The smallest absolute Gasteiger partial charge is 0.264 e. The first-order valence-corrected chi connectivity index (χ1v) is 17.3. The molecular weight excluding hydrogens is 641 g/mol. The highest BCUT2D eigenvalue weighted by atomic mass is 35.5. The SMILES string of the molecule is CC[C@H](C)NC(=O)[C@@H](Cc1ccccc1)N(Cc1ccc(Cl)cc1Cl)C(=O)CN(c1cccc(C)c1C)S(=O)(=O)c1ccccc1. The molecule has 0 heterocycles. The molecule has 0 spiro atoms. The summed E-state index contributed by atoms with van der Waals surface area (Å²) in [4.78, 5) is 30.1. The van der Waals surface area contributed by atoms with E-state index < -0.39 is 28.5 Å². The lowest BCUT2D eigenvalue weighted by molar-refractivity contribution is -0.140. The highest BCUT2D eigenvalue weighted by Gasteiger charge is 2.35. The molecule has 4 aromatic carbocycles. The second kappa shape index (κ2) is 15.6. The van der Waals surface area contributed by atoms with E-state index in [9.17, 15) is 18.0 Å². The number of nitrogens with zero attached hydrogens (tertiary/aromatic N) is 2. The van der Waals surface area contributed by atoms with Crippen molar-refractivity contribution in [3.8, 4) is 0 Å².